The molecule has 0 saturated carbocycles. The number of nitrogens with one attached hydrogen (secondary N) is 2. The first kappa shape index (κ1) is 16.6. The van der Waals surface area contributed by atoms with Gasteiger partial charge in [-0.1, -0.05) is 11.6 Å². The number of halogens is 1. The zero-order valence-corrected chi connectivity index (χ0v) is 13.9. The van der Waals surface area contributed by atoms with E-state index in [2.05, 4.69) is 10.6 Å². The molecule has 3 rings (SSSR count). The van der Waals surface area contributed by atoms with E-state index >= 15 is 0 Å². The molecule has 2 N–H and O–H groups in total. The first-order valence-electron chi connectivity index (χ1n) is 8.28. The fraction of sp³-hybridized carbons (Fsp3) is 0.588. The van der Waals surface area contributed by atoms with Crippen LogP contribution in [0.15, 0.2) is 18.2 Å². The number of carbonyl (C=O) groups is 1. The second-order valence-electron chi connectivity index (χ2n) is 6.13. The molecule has 6 heteroatoms. The maximum atomic E-state index is 12.2. The van der Waals surface area contributed by atoms with Crippen molar-refractivity contribution < 1.29 is 14.3 Å². The lowest BCUT2D eigenvalue weighted by Crippen LogP contribution is -2.27. The minimum absolute atomic E-state index is 0.0198. The third kappa shape index (κ3) is 4.83. The summed E-state index contributed by atoms with van der Waals surface area (Å²) in [6.07, 6.45) is 4.88. The first-order chi connectivity index (χ1) is 11.2. The van der Waals surface area contributed by atoms with Crippen LogP contribution >= 0.6 is 11.6 Å². The second-order valence-corrected chi connectivity index (χ2v) is 6.57. The van der Waals surface area contributed by atoms with Crippen LogP contribution in [0.2, 0.25) is 5.02 Å². The molecule has 2 aliphatic rings. The Balaban J connectivity index is 1.59. The van der Waals surface area contributed by atoms with Crippen LogP contribution in [0.25, 0.3) is 0 Å². The maximum absolute atomic E-state index is 12.2. The van der Waals surface area contributed by atoms with Crippen molar-refractivity contribution in [2.24, 2.45) is 0 Å². The van der Waals surface area contributed by atoms with Gasteiger partial charge in [-0.2, -0.15) is 0 Å². The molecule has 23 heavy (non-hydrogen) atoms. The third-order valence-corrected chi connectivity index (χ3v) is 4.49. The van der Waals surface area contributed by atoms with Crippen molar-refractivity contribution in [3.8, 4) is 5.75 Å². The van der Waals surface area contributed by atoms with Crippen molar-refractivity contribution in [2.75, 3.05) is 25.1 Å². The van der Waals surface area contributed by atoms with Crippen LogP contribution in [-0.2, 0) is 9.53 Å². The molecule has 2 atom stereocenters. The van der Waals surface area contributed by atoms with Crippen LogP contribution < -0.4 is 15.4 Å². The summed E-state index contributed by atoms with van der Waals surface area (Å²) < 4.78 is 11.4. The molecule has 0 radical (unpaired) electrons. The largest absolute Gasteiger partial charge is 0.489 e. The van der Waals surface area contributed by atoms with E-state index in [1.165, 1.54) is 0 Å². The number of hydrogen-bond donors (Lipinski definition) is 2. The molecule has 1 aromatic carbocycles. The maximum Gasteiger partial charge on any atom is 0.226 e. The van der Waals surface area contributed by atoms with Gasteiger partial charge in [0, 0.05) is 24.1 Å². The molecule has 0 aliphatic carbocycles. The number of rotatable bonds is 6. The number of hydrogen-bond acceptors (Lipinski definition) is 4. The molecule has 1 aromatic rings. The summed E-state index contributed by atoms with van der Waals surface area (Å²) in [4.78, 5) is 12.2. The molecule has 2 saturated heterocycles. The van der Waals surface area contributed by atoms with E-state index in [0.29, 0.717) is 29.5 Å². The SMILES string of the molecule is O=C(CC1CCCN1)Nc1cc(Cl)ccc1OCC1CCCO1. The van der Waals surface area contributed by atoms with E-state index in [1.807, 2.05) is 0 Å². The van der Waals surface area contributed by atoms with Crippen LogP contribution in [0.3, 0.4) is 0 Å². The summed E-state index contributed by atoms with van der Waals surface area (Å²) in [5.41, 5.74) is 0.624. The number of benzene rings is 1. The van der Waals surface area contributed by atoms with Gasteiger partial charge in [0.2, 0.25) is 5.91 Å². The molecule has 2 fully saturated rings. The van der Waals surface area contributed by atoms with Crippen molar-refractivity contribution in [1.29, 1.82) is 0 Å². The highest BCUT2D eigenvalue weighted by molar-refractivity contribution is 6.31. The normalized spacial score (nSPS) is 23.9. The van der Waals surface area contributed by atoms with E-state index in [-0.39, 0.29) is 18.1 Å². The smallest absolute Gasteiger partial charge is 0.226 e. The number of anilines is 1. The molecule has 5 nitrogen and oxygen atoms in total. The van der Waals surface area contributed by atoms with Gasteiger partial charge in [0.15, 0.2) is 0 Å². The Morgan fingerprint density at radius 1 is 1.39 bits per heavy atom. The minimum Gasteiger partial charge on any atom is -0.489 e. The van der Waals surface area contributed by atoms with E-state index < -0.39 is 0 Å². The van der Waals surface area contributed by atoms with Gasteiger partial charge in [0.1, 0.15) is 12.4 Å². The lowest BCUT2D eigenvalue weighted by atomic mass is 10.1. The Morgan fingerprint density at radius 3 is 3.04 bits per heavy atom. The van der Waals surface area contributed by atoms with E-state index in [0.717, 1.165) is 38.8 Å². The first-order valence-corrected chi connectivity index (χ1v) is 8.66. The third-order valence-electron chi connectivity index (χ3n) is 4.26. The van der Waals surface area contributed by atoms with Gasteiger partial charge in [-0.25, -0.2) is 0 Å². The number of carbonyl (C=O) groups excluding carboxylic acids is 1. The van der Waals surface area contributed by atoms with Crippen molar-refractivity contribution in [1.82, 2.24) is 5.32 Å². The van der Waals surface area contributed by atoms with E-state index in [4.69, 9.17) is 21.1 Å². The zero-order valence-electron chi connectivity index (χ0n) is 13.1. The van der Waals surface area contributed by atoms with Crippen molar-refractivity contribution in [2.45, 2.75) is 44.2 Å². The summed E-state index contributed by atoms with van der Waals surface area (Å²) in [5, 5.41) is 6.82. The van der Waals surface area contributed by atoms with Gasteiger partial charge in [0.05, 0.1) is 11.8 Å². The highest BCUT2D eigenvalue weighted by Crippen LogP contribution is 2.29. The second kappa shape index (κ2) is 7.99. The molecule has 2 unspecified atom stereocenters. The Bertz CT molecular complexity index is 541. The average Bonchev–Trinajstić information content (AvgIpc) is 3.19. The van der Waals surface area contributed by atoms with Gasteiger partial charge in [-0.3, -0.25) is 4.79 Å². The zero-order chi connectivity index (χ0) is 16.1. The van der Waals surface area contributed by atoms with Crippen LogP contribution in [0.4, 0.5) is 5.69 Å². The Morgan fingerprint density at radius 2 is 2.30 bits per heavy atom. The molecule has 2 aliphatic heterocycles. The summed E-state index contributed by atoms with van der Waals surface area (Å²) in [7, 11) is 0. The molecule has 0 spiro atoms. The highest BCUT2D eigenvalue weighted by atomic mass is 35.5. The summed E-state index contributed by atoms with van der Waals surface area (Å²) >= 11 is 6.05. The van der Waals surface area contributed by atoms with Gasteiger partial charge in [0.25, 0.3) is 0 Å². The van der Waals surface area contributed by atoms with Crippen molar-refractivity contribution in [3.63, 3.8) is 0 Å². The Hall–Kier alpha value is -1.30. The fourth-order valence-corrected chi connectivity index (χ4v) is 3.21. The fourth-order valence-electron chi connectivity index (χ4n) is 3.04. The van der Waals surface area contributed by atoms with Crippen LogP contribution in [0.5, 0.6) is 5.75 Å². The molecule has 0 aromatic heterocycles. The van der Waals surface area contributed by atoms with Gasteiger partial charge < -0.3 is 20.1 Å². The quantitative estimate of drug-likeness (QED) is 0.837. The predicted molar refractivity (Wildman–Crippen MR) is 90.2 cm³/mol. The highest BCUT2D eigenvalue weighted by Gasteiger charge is 2.20. The van der Waals surface area contributed by atoms with Crippen molar-refractivity contribution in [3.05, 3.63) is 23.2 Å². The van der Waals surface area contributed by atoms with Gasteiger partial charge in [-0.15, -0.1) is 0 Å². The van der Waals surface area contributed by atoms with Crippen LogP contribution in [0, 0.1) is 0 Å². The van der Waals surface area contributed by atoms with Gasteiger partial charge in [-0.05, 0) is 50.4 Å². The molecule has 126 valence electrons. The number of ether oxygens (including phenoxy) is 2. The Labute approximate surface area is 141 Å². The molecule has 0 bridgehead atoms. The Kier molecular flexibility index (Phi) is 5.75. The monoisotopic (exact) mass is 338 g/mol. The molecule has 1 amide bonds. The summed E-state index contributed by atoms with van der Waals surface area (Å²) in [5.74, 6) is 0.617. The van der Waals surface area contributed by atoms with Gasteiger partial charge >= 0.3 is 0 Å². The van der Waals surface area contributed by atoms with Crippen LogP contribution in [0.1, 0.15) is 32.1 Å². The lowest BCUT2D eigenvalue weighted by molar-refractivity contribution is -0.116. The lowest BCUT2D eigenvalue weighted by Gasteiger charge is -2.16. The summed E-state index contributed by atoms with van der Waals surface area (Å²) in [6, 6.07) is 5.55. The average molecular weight is 339 g/mol. The predicted octanol–water partition coefficient (Wildman–Crippen LogP) is 2.98. The number of amides is 1. The molecular formula is C17H23ClN2O3. The van der Waals surface area contributed by atoms with E-state index in [1.54, 1.807) is 18.2 Å². The molecular weight excluding hydrogens is 316 g/mol. The minimum atomic E-state index is -0.0198. The van der Waals surface area contributed by atoms with Crippen molar-refractivity contribution >= 4 is 23.2 Å². The van der Waals surface area contributed by atoms with Crippen LogP contribution in [-0.4, -0.2) is 37.8 Å². The topological polar surface area (TPSA) is 59.6 Å². The molecule has 2 heterocycles. The standard InChI is InChI=1S/C17H23ClN2O3/c18-12-5-6-16(23-11-14-4-2-8-22-14)15(9-12)20-17(21)10-13-3-1-7-19-13/h5-6,9,13-14,19H,1-4,7-8,10-11H2,(H,20,21). The summed E-state index contributed by atoms with van der Waals surface area (Å²) in [6.45, 7) is 2.28. The van der Waals surface area contributed by atoms with E-state index in [9.17, 15) is 4.79 Å².